The molecule has 0 aliphatic heterocycles. The van der Waals surface area contributed by atoms with E-state index >= 15 is 0 Å². The summed E-state index contributed by atoms with van der Waals surface area (Å²) in [5.41, 5.74) is 0. The van der Waals surface area contributed by atoms with Gasteiger partial charge in [0.1, 0.15) is 5.78 Å². The first kappa shape index (κ1) is 13.2. The molecule has 5 heteroatoms. The van der Waals surface area contributed by atoms with Crippen LogP contribution in [0.3, 0.4) is 0 Å². The van der Waals surface area contributed by atoms with Gasteiger partial charge in [-0.1, -0.05) is 11.8 Å². The van der Waals surface area contributed by atoms with Crippen LogP contribution < -0.4 is 0 Å². The second kappa shape index (κ2) is 6.59. The van der Waals surface area contributed by atoms with Crippen LogP contribution in [0.15, 0.2) is 0 Å². The number of carbonyl (C=O) groups excluding carboxylic acids is 3. The summed E-state index contributed by atoms with van der Waals surface area (Å²) in [6.07, 6.45) is 0.388. The number of esters is 1. The van der Waals surface area contributed by atoms with E-state index in [9.17, 15) is 14.4 Å². The van der Waals surface area contributed by atoms with Gasteiger partial charge in [0.15, 0.2) is 5.12 Å². The molecule has 0 saturated heterocycles. The molecule has 0 saturated carbocycles. The van der Waals surface area contributed by atoms with Crippen LogP contribution in [0.4, 0.5) is 0 Å². The Balaban J connectivity index is 3.91. The third kappa shape index (κ3) is 6.65. The summed E-state index contributed by atoms with van der Waals surface area (Å²) in [6, 6.07) is 0. The van der Waals surface area contributed by atoms with E-state index in [-0.39, 0.29) is 23.5 Å². The van der Waals surface area contributed by atoms with Gasteiger partial charge in [-0.25, -0.2) is 0 Å². The molecule has 0 rings (SSSR count). The number of ketones is 1. The minimum atomic E-state index is -0.396. The number of ether oxygens (including phenoxy) is 1. The number of hydrogen-bond donors (Lipinski definition) is 0. The highest BCUT2D eigenvalue weighted by Crippen LogP contribution is 2.16. The van der Waals surface area contributed by atoms with Gasteiger partial charge in [0.05, 0.1) is 11.9 Å². The first-order valence-corrected chi connectivity index (χ1v) is 5.12. The van der Waals surface area contributed by atoms with E-state index in [1.54, 1.807) is 0 Å². The summed E-state index contributed by atoms with van der Waals surface area (Å²) >= 11 is 0.980. The lowest BCUT2D eigenvalue weighted by molar-refractivity contribution is -0.141. The fourth-order valence-electron chi connectivity index (χ4n) is 0.855. The van der Waals surface area contributed by atoms with E-state index in [0.29, 0.717) is 6.42 Å². The zero-order valence-electron chi connectivity index (χ0n) is 8.53. The van der Waals surface area contributed by atoms with Crippen molar-refractivity contribution in [2.45, 2.75) is 32.4 Å². The molecule has 4 nitrogen and oxygen atoms in total. The van der Waals surface area contributed by atoms with Crippen molar-refractivity contribution in [3.63, 3.8) is 0 Å². The van der Waals surface area contributed by atoms with Crippen molar-refractivity contribution in [2.75, 3.05) is 6.61 Å². The molecular weight excluding hydrogens is 204 g/mol. The Bertz CT molecular complexity index is 237. The predicted octanol–water partition coefficient (Wildman–Crippen LogP) is 1.18. The molecule has 1 unspecified atom stereocenters. The van der Waals surface area contributed by atoms with Gasteiger partial charge < -0.3 is 4.74 Å². The number of carbonyl (C=O) groups is 3. The summed E-state index contributed by atoms with van der Waals surface area (Å²) in [6.45, 7) is 4.32. The third-order valence-corrected chi connectivity index (χ3v) is 2.63. The normalized spacial score (nSPS) is 11.9. The van der Waals surface area contributed by atoms with Crippen molar-refractivity contribution in [3.05, 3.63) is 0 Å². The Morgan fingerprint density at radius 2 is 1.79 bits per heavy atom. The molecule has 0 radical (unpaired) electrons. The molecule has 0 heterocycles. The van der Waals surface area contributed by atoms with Gasteiger partial charge >= 0.3 is 5.97 Å². The van der Waals surface area contributed by atoms with Crippen LogP contribution in [0.25, 0.3) is 0 Å². The number of thioether (sulfide) groups is 1. The molecular formula is C9H14O4S. The molecule has 0 aromatic heterocycles. The van der Waals surface area contributed by atoms with Crippen LogP contribution in [0.1, 0.15) is 27.2 Å². The van der Waals surface area contributed by atoms with E-state index in [4.69, 9.17) is 0 Å². The van der Waals surface area contributed by atoms with Crippen molar-refractivity contribution in [1.82, 2.24) is 0 Å². The minimum absolute atomic E-state index is 0.0719. The smallest absolute Gasteiger partial charge is 0.302 e. The fourth-order valence-corrected chi connectivity index (χ4v) is 1.64. The highest BCUT2D eigenvalue weighted by molar-refractivity contribution is 8.14. The Kier molecular flexibility index (Phi) is 6.19. The monoisotopic (exact) mass is 218 g/mol. The largest absolute Gasteiger partial charge is 0.466 e. The number of hydrogen-bond acceptors (Lipinski definition) is 5. The molecule has 80 valence electrons. The molecule has 0 aliphatic rings. The maximum atomic E-state index is 11.0. The molecule has 0 aromatic carbocycles. The van der Waals surface area contributed by atoms with Crippen LogP contribution in [-0.4, -0.2) is 28.7 Å². The second-order valence-electron chi connectivity index (χ2n) is 2.84. The average molecular weight is 218 g/mol. The molecule has 0 amide bonds. The van der Waals surface area contributed by atoms with E-state index in [1.165, 1.54) is 20.8 Å². The lowest BCUT2D eigenvalue weighted by atomic mass is 10.2. The maximum absolute atomic E-state index is 11.0. The van der Waals surface area contributed by atoms with Crippen molar-refractivity contribution in [2.24, 2.45) is 0 Å². The number of rotatable bonds is 5. The van der Waals surface area contributed by atoms with Crippen LogP contribution in [0.2, 0.25) is 0 Å². The summed E-state index contributed by atoms with van der Waals surface area (Å²) in [7, 11) is 0. The topological polar surface area (TPSA) is 60.4 Å². The van der Waals surface area contributed by atoms with Crippen molar-refractivity contribution < 1.29 is 19.1 Å². The molecule has 0 aliphatic carbocycles. The van der Waals surface area contributed by atoms with Gasteiger partial charge in [0.25, 0.3) is 0 Å². The van der Waals surface area contributed by atoms with Crippen molar-refractivity contribution in [3.8, 4) is 0 Å². The third-order valence-electron chi connectivity index (χ3n) is 1.45. The quantitative estimate of drug-likeness (QED) is 0.648. The van der Waals surface area contributed by atoms with Crippen molar-refractivity contribution in [1.29, 1.82) is 0 Å². The first-order valence-electron chi connectivity index (χ1n) is 4.24. The summed E-state index contributed by atoms with van der Waals surface area (Å²) in [5, 5.41) is -0.500. The SMILES string of the molecule is CC(=O)OCCC(SC(C)=O)C(C)=O. The van der Waals surface area contributed by atoms with Crippen molar-refractivity contribution >= 4 is 28.6 Å². The highest BCUT2D eigenvalue weighted by atomic mass is 32.2. The zero-order valence-corrected chi connectivity index (χ0v) is 9.35. The lowest BCUT2D eigenvalue weighted by Crippen LogP contribution is -2.18. The Hall–Kier alpha value is -0.840. The number of Topliss-reactive ketones (excluding diaryl/α,β-unsaturated/α-hetero) is 1. The molecule has 0 bridgehead atoms. The van der Waals surface area contributed by atoms with Crippen LogP contribution in [-0.2, 0) is 19.1 Å². The van der Waals surface area contributed by atoms with Gasteiger partial charge in [-0.15, -0.1) is 0 Å². The molecule has 0 aromatic rings. The molecule has 0 spiro atoms. The summed E-state index contributed by atoms with van der Waals surface area (Å²) in [5.74, 6) is -0.447. The van der Waals surface area contributed by atoms with Gasteiger partial charge in [0.2, 0.25) is 0 Å². The Labute approximate surface area is 87.4 Å². The van der Waals surface area contributed by atoms with E-state index in [1.807, 2.05) is 0 Å². The first-order chi connectivity index (χ1) is 6.43. The molecule has 14 heavy (non-hydrogen) atoms. The summed E-state index contributed by atoms with van der Waals surface area (Å²) in [4.78, 5) is 32.2. The van der Waals surface area contributed by atoms with Gasteiger partial charge in [-0.3, -0.25) is 14.4 Å². The zero-order chi connectivity index (χ0) is 11.1. The summed E-state index contributed by atoms with van der Waals surface area (Å²) < 4.78 is 4.69. The Morgan fingerprint density at radius 3 is 2.14 bits per heavy atom. The molecule has 0 N–H and O–H groups in total. The molecule has 1 atom stereocenters. The average Bonchev–Trinajstić information content (AvgIpc) is 2.00. The van der Waals surface area contributed by atoms with Gasteiger partial charge in [-0.2, -0.15) is 0 Å². The molecule has 0 fully saturated rings. The van der Waals surface area contributed by atoms with E-state index in [2.05, 4.69) is 4.74 Å². The maximum Gasteiger partial charge on any atom is 0.302 e. The van der Waals surface area contributed by atoms with Crippen LogP contribution >= 0.6 is 11.8 Å². The minimum Gasteiger partial charge on any atom is -0.466 e. The predicted molar refractivity (Wildman–Crippen MR) is 54.0 cm³/mol. The second-order valence-corrected chi connectivity index (χ2v) is 4.22. The van der Waals surface area contributed by atoms with Gasteiger partial charge in [-0.05, 0) is 6.92 Å². The van der Waals surface area contributed by atoms with E-state index < -0.39 is 5.25 Å². The Morgan fingerprint density at radius 1 is 1.21 bits per heavy atom. The lowest BCUT2D eigenvalue weighted by Gasteiger charge is -2.10. The van der Waals surface area contributed by atoms with Crippen LogP contribution in [0, 0.1) is 0 Å². The standard InChI is InChI=1S/C9H14O4S/c1-6(10)9(14-8(3)12)4-5-13-7(2)11/h9H,4-5H2,1-3H3. The van der Waals surface area contributed by atoms with Crippen LogP contribution in [0.5, 0.6) is 0 Å². The van der Waals surface area contributed by atoms with E-state index in [0.717, 1.165) is 11.8 Å². The highest BCUT2D eigenvalue weighted by Gasteiger charge is 2.17. The fraction of sp³-hybridized carbons (Fsp3) is 0.667. The van der Waals surface area contributed by atoms with Gasteiger partial charge in [0, 0.05) is 20.3 Å².